The number of hydrogen-bond acceptors (Lipinski definition) is 6. The number of nitriles is 1. The zero-order chi connectivity index (χ0) is 13.8. The molecule has 1 saturated carbocycles. The van der Waals surface area contributed by atoms with Crippen molar-refractivity contribution in [1.29, 1.82) is 5.26 Å². The van der Waals surface area contributed by atoms with Gasteiger partial charge in [0.15, 0.2) is 6.23 Å². The number of aliphatic hydroxyl groups excluding tert-OH is 2. The van der Waals surface area contributed by atoms with E-state index in [9.17, 15) is 19.8 Å². The van der Waals surface area contributed by atoms with Crippen molar-refractivity contribution in [2.45, 2.75) is 31.0 Å². The van der Waals surface area contributed by atoms with Crippen molar-refractivity contribution < 1.29 is 14.9 Å². The van der Waals surface area contributed by atoms with Gasteiger partial charge in [-0.2, -0.15) is 5.26 Å². The number of nitrogens with one attached hydrogen (secondary N) is 1. The van der Waals surface area contributed by atoms with Crippen LogP contribution in [-0.2, 0) is 4.74 Å². The van der Waals surface area contributed by atoms with Crippen molar-refractivity contribution in [2.24, 2.45) is 5.41 Å². The molecule has 0 aromatic carbocycles. The number of hydrogen-bond donors (Lipinski definition) is 3. The van der Waals surface area contributed by atoms with Crippen molar-refractivity contribution in [1.82, 2.24) is 9.55 Å². The lowest BCUT2D eigenvalue weighted by Crippen LogP contribution is -2.39. The number of nitrogens with zero attached hydrogens (tertiary/aromatic N) is 2. The molecule has 2 heterocycles. The number of aliphatic hydroxyl groups is 2. The fourth-order valence-corrected chi connectivity index (χ4v) is 2.73. The molecule has 2 aliphatic rings. The van der Waals surface area contributed by atoms with Crippen molar-refractivity contribution in [3.8, 4) is 6.07 Å². The van der Waals surface area contributed by atoms with E-state index in [-0.39, 0.29) is 6.42 Å². The minimum Gasteiger partial charge on any atom is -0.390 e. The molecular formula is C11H11N3O5. The SMILES string of the molecule is N#CCC12C(O)C(n3ccc(=O)[nH]c3=O)OC1C2O. The third-order valence-electron chi connectivity index (χ3n) is 3.88. The highest BCUT2D eigenvalue weighted by atomic mass is 16.6. The molecule has 3 rings (SSSR count). The summed E-state index contributed by atoms with van der Waals surface area (Å²) in [6, 6.07) is 3.04. The molecule has 1 aromatic heterocycles. The van der Waals surface area contributed by atoms with Gasteiger partial charge in [-0.3, -0.25) is 14.3 Å². The number of aromatic amines is 1. The molecule has 8 nitrogen and oxygen atoms in total. The van der Waals surface area contributed by atoms with Gasteiger partial charge in [0.2, 0.25) is 0 Å². The van der Waals surface area contributed by atoms with Crippen molar-refractivity contribution >= 4 is 0 Å². The average Bonchev–Trinajstić information content (AvgIpc) is 2.78. The van der Waals surface area contributed by atoms with Gasteiger partial charge in [0.1, 0.15) is 6.10 Å². The van der Waals surface area contributed by atoms with E-state index >= 15 is 0 Å². The van der Waals surface area contributed by atoms with Crippen LogP contribution in [0.25, 0.3) is 0 Å². The fourth-order valence-electron chi connectivity index (χ4n) is 2.73. The second-order valence-electron chi connectivity index (χ2n) is 4.80. The van der Waals surface area contributed by atoms with Gasteiger partial charge in [-0.05, 0) is 0 Å². The Labute approximate surface area is 106 Å². The maximum Gasteiger partial charge on any atom is 0.330 e. The highest BCUT2D eigenvalue weighted by Crippen LogP contribution is 2.62. The first-order valence-electron chi connectivity index (χ1n) is 5.72. The van der Waals surface area contributed by atoms with Crippen molar-refractivity contribution in [3.63, 3.8) is 0 Å². The van der Waals surface area contributed by atoms with Crippen molar-refractivity contribution in [2.75, 3.05) is 0 Å². The zero-order valence-corrected chi connectivity index (χ0v) is 9.68. The van der Waals surface area contributed by atoms with E-state index in [2.05, 4.69) is 4.98 Å². The molecular weight excluding hydrogens is 254 g/mol. The topological polar surface area (TPSA) is 128 Å². The van der Waals surface area contributed by atoms with E-state index < -0.39 is 41.2 Å². The van der Waals surface area contributed by atoms with Crippen LogP contribution in [0.5, 0.6) is 0 Å². The number of rotatable bonds is 2. The summed E-state index contributed by atoms with van der Waals surface area (Å²) in [6.07, 6.45) is -2.61. The molecule has 1 aliphatic heterocycles. The Kier molecular flexibility index (Phi) is 2.40. The molecule has 1 aromatic rings. The third-order valence-corrected chi connectivity index (χ3v) is 3.88. The number of fused-ring (bicyclic) bond motifs is 1. The molecule has 0 spiro atoms. The number of aromatic nitrogens is 2. The first-order chi connectivity index (χ1) is 9.02. The molecule has 0 radical (unpaired) electrons. The highest BCUT2D eigenvalue weighted by Gasteiger charge is 2.76. The first-order valence-corrected chi connectivity index (χ1v) is 5.72. The van der Waals surface area contributed by atoms with E-state index in [0.717, 1.165) is 10.6 Å². The fraction of sp³-hybridized carbons (Fsp3) is 0.545. The minimum absolute atomic E-state index is 0.0609. The minimum atomic E-state index is -1.18. The third kappa shape index (κ3) is 1.43. The Morgan fingerprint density at radius 1 is 1.47 bits per heavy atom. The van der Waals surface area contributed by atoms with Gasteiger partial charge in [-0.1, -0.05) is 0 Å². The molecule has 100 valence electrons. The van der Waals surface area contributed by atoms with Crippen molar-refractivity contribution in [3.05, 3.63) is 33.1 Å². The second kappa shape index (κ2) is 3.77. The lowest BCUT2D eigenvalue weighted by atomic mass is 9.95. The smallest absolute Gasteiger partial charge is 0.330 e. The van der Waals surface area contributed by atoms with E-state index in [0.29, 0.717) is 0 Å². The molecule has 5 atom stereocenters. The van der Waals surface area contributed by atoms with E-state index in [4.69, 9.17) is 10.00 Å². The van der Waals surface area contributed by atoms with E-state index in [1.807, 2.05) is 6.07 Å². The van der Waals surface area contributed by atoms with Gasteiger partial charge in [0.05, 0.1) is 23.7 Å². The Bertz CT molecular complexity index is 674. The molecule has 19 heavy (non-hydrogen) atoms. The number of ether oxygens (including phenoxy) is 1. The Hall–Kier alpha value is -1.95. The van der Waals surface area contributed by atoms with Crippen LogP contribution in [-0.4, -0.2) is 38.1 Å². The lowest BCUT2D eigenvalue weighted by molar-refractivity contribution is -0.0802. The molecule has 2 fully saturated rings. The standard InChI is InChI=1S/C11H11N3O5/c12-3-2-11-6(16)8(11)19-9(7(11)17)14-4-1-5(15)13-10(14)18/h1,4,6-9,16-17H,2H2,(H,13,15,18). The van der Waals surface area contributed by atoms with E-state index in [1.54, 1.807) is 0 Å². The first kappa shape index (κ1) is 12.1. The normalized spacial score (nSPS) is 39.6. The summed E-state index contributed by atoms with van der Waals surface area (Å²) in [4.78, 5) is 24.7. The lowest BCUT2D eigenvalue weighted by Gasteiger charge is -2.23. The summed E-state index contributed by atoms with van der Waals surface area (Å²) >= 11 is 0. The molecule has 8 heteroatoms. The molecule has 3 N–H and O–H groups in total. The maximum absolute atomic E-state index is 11.6. The molecule has 0 amide bonds. The summed E-state index contributed by atoms with van der Waals surface area (Å²) in [5.74, 6) is 0. The summed E-state index contributed by atoms with van der Waals surface area (Å²) in [6.45, 7) is 0. The molecule has 1 saturated heterocycles. The van der Waals surface area contributed by atoms with Crippen LogP contribution >= 0.6 is 0 Å². The van der Waals surface area contributed by atoms with Crippen LogP contribution in [0.3, 0.4) is 0 Å². The van der Waals surface area contributed by atoms with E-state index in [1.165, 1.54) is 6.20 Å². The predicted molar refractivity (Wildman–Crippen MR) is 59.9 cm³/mol. The zero-order valence-electron chi connectivity index (χ0n) is 9.68. The molecule has 0 bridgehead atoms. The van der Waals surface area contributed by atoms with Gasteiger partial charge in [-0.15, -0.1) is 0 Å². The Morgan fingerprint density at radius 3 is 2.84 bits per heavy atom. The Morgan fingerprint density at radius 2 is 2.21 bits per heavy atom. The largest absolute Gasteiger partial charge is 0.390 e. The monoisotopic (exact) mass is 265 g/mol. The van der Waals surface area contributed by atoms with Gasteiger partial charge in [0, 0.05) is 18.7 Å². The number of H-pyrrole nitrogens is 1. The van der Waals surface area contributed by atoms with Gasteiger partial charge in [0.25, 0.3) is 5.56 Å². The second-order valence-corrected chi connectivity index (χ2v) is 4.80. The molecule has 5 unspecified atom stereocenters. The summed E-state index contributed by atoms with van der Waals surface area (Å²) in [7, 11) is 0. The van der Waals surface area contributed by atoms with Crippen LogP contribution in [0.15, 0.2) is 21.9 Å². The maximum atomic E-state index is 11.6. The predicted octanol–water partition coefficient (Wildman–Crippen LogP) is -1.93. The summed E-state index contributed by atoms with van der Waals surface area (Å²) in [5, 5.41) is 28.7. The van der Waals surface area contributed by atoms with Crippen LogP contribution in [0.2, 0.25) is 0 Å². The van der Waals surface area contributed by atoms with Gasteiger partial charge in [-0.25, -0.2) is 4.79 Å². The molecule has 1 aliphatic carbocycles. The van der Waals surface area contributed by atoms with Crippen LogP contribution in [0.4, 0.5) is 0 Å². The average molecular weight is 265 g/mol. The van der Waals surface area contributed by atoms with Gasteiger partial charge >= 0.3 is 5.69 Å². The highest BCUT2D eigenvalue weighted by molar-refractivity contribution is 5.24. The summed E-state index contributed by atoms with van der Waals surface area (Å²) < 4.78 is 6.46. The quantitative estimate of drug-likeness (QED) is 0.571. The summed E-state index contributed by atoms with van der Waals surface area (Å²) in [5.41, 5.74) is -2.29. The van der Waals surface area contributed by atoms with Crippen LogP contribution in [0.1, 0.15) is 12.6 Å². The van der Waals surface area contributed by atoms with Crippen LogP contribution < -0.4 is 11.2 Å². The Balaban J connectivity index is 1.96. The van der Waals surface area contributed by atoms with Crippen LogP contribution in [0, 0.1) is 16.7 Å². The van der Waals surface area contributed by atoms with Gasteiger partial charge < -0.3 is 14.9 Å².